The second-order valence-corrected chi connectivity index (χ2v) is 8.31. The van der Waals surface area contributed by atoms with E-state index in [1.165, 1.54) is 5.56 Å². The van der Waals surface area contributed by atoms with Gasteiger partial charge in [-0.2, -0.15) is 0 Å². The number of aromatic nitrogens is 4. The number of anilines is 1. The molecule has 0 saturated carbocycles. The molecule has 8 nitrogen and oxygen atoms in total. The van der Waals surface area contributed by atoms with Crippen LogP contribution in [0.3, 0.4) is 0 Å². The fraction of sp³-hybridized carbons (Fsp3) is 0.478. The van der Waals surface area contributed by atoms with Crippen molar-refractivity contribution in [2.24, 2.45) is 0 Å². The molecule has 0 aliphatic carbocycles. The fourth-order valence-electron chi connectivity index (χ4n) is 4.41. The van der Waals surface area contributed by atoms with Gasteiger partial charge in [-0.15, -0.1) is 0 Å². The molecule has 0 amide bonds. The molecule has 8 heteroatoms. The highest BCUT2D eigenvalue weighted by Crippen LogP contribution is 2.35. The van der Waals surface area contributed by atoms with Gasteiger partial charge in [0.25, 0.3) is 0 Å². The monoisotopic (exact) mass is 420 g/mol. The van der Waals surface area contributed by atoms with Crippen LogP contribution in [0.25, 0.3) is 11.3 Å². The summed E-state index contributed by atoms with van der Waals surface area (Å²) in [6, 6.07) is 6.11. The third-order valence-corrected chi connectivity index (χ3v) is 6.10. The molecule has 3 aromatic heterocycles. The Bertz CT molecular complexity index is 994. The normalized spacial score (nSPS) is 18.4. The molecule has 3 aromatic rings. The molecule has 5 rings (SSSR count). The minimum atomic E-state index is 0.369. The summed E-state index contributed by atoms with van der Waals surface area (Å²) in [7, 11) is 0. The van der Waals surface area contributed by atoms with E-state index < -0.39 is 0 Å². The Morgan fingerprint density at radius 2 is 1.94 bits per heavy atom. The third-order valence-electron chi connectivity index (χ3n) is 6.10. The molecule has 2 aliphatic heterocycles. The first-order valence-corrected chi connectivity index (χ1v) is 11.0. The van der Waals surface area contributed by atoms with Crippen LogP contribution in [-0.4, -0.2) is 64.4 Å². The van der Waals surface area contributed by atoms with Gasteiger partial charge in [-0.05, 0) is 44.5 Å². The number of ether oxygens (including phenoxy) is 1. The number of likely N-dealkylation sites (tertiary alicyclic amines) is 1. The maximum absolute atomic E-state index is 5.59. The van der Waals surface area contributed by atoms with Gasteiger partial charge in [0.2, 0.25) is 5.95 Å². The second kappa shape index (κ2) is 9.11. The molecule has 0 unspecified atom stereocenters. The van der Waals surface area contributed by atoms with Crippen molar-refractivity contribution in [3.8, 4) is 11.3 Å². The number of aryl methyl sites for hydroxylation is 1. The van der Waals surface area contributed by atoms with Crippen LogP contribution in [0.4, 0.5) is 5.95 Å². The van der Waals surface area contributed by atoms with Gasteiger partial charge in [0, 0.05) is 50.2 Å². The Morgan fingerprint density at radius 1 is 1.10 bits per heavy atom. The van der Waals surface area contributed by atoms with Crippen molar-refractivity contribution in [3.05, 3.63) is 53.7 Å². The zero-order valence-corrected chi connectivity index (χ0v) is 17.9. The van der Waals surface area contributed by atoms with Crippen LogP contribution < -0.4 is 4.90 Å². The van der Waals surface area contributed by atoms with Crippen LogP contribution in [-0.2, 0) is 11.3 Å². The first-order valence-electron chi connectivity index (χ1n) is 11.0. The summed E-state index contributed by atoms with van der Waals surface area (Å²) in [5.41, 5.74) is 4.16. The highest BCUT2D eigenvalue weighted by Gasteiger charge is 2.27. The van der Waals surface area contributed by atoms with Crippen LogP contribution >= 0.6 is 0 Å². The van der Waals surface area contributed by atoms with E-state index in [4.69, 9.17) is 14.2 Å². The molecular formula is C23H28N6O2. The largest absolute Gasteiger partial charge is 0.378 e. The Morgan fingerprint density at radius 3 is 2.65 bits per heavy atom. The van der Waals surface area contributed by atoms with Crippen LogP contribution in [0.15, 0.2) is 41.3 Å². The van der Waals surface area contributed by atoms with Gasteiger partial charge in [-0.1, -0.05) is 11.2 Å². The average molecular weight is 421 g/mol. The summed E-state index contributed by atoms with van der Waals surface area (Å²) < 4.78 is 11.1. The Kier molecular flexibility index (Phi) is 5.90. The first-order chi connectivity index (χ1) is 15.3. The average Bonchev–Trinajstić information content (AvgIpc) is 3.26. The lowest BCUT2D eigenvalue weighted by molar-refractivity contribution is 0.122. The Hall–Kier alpha value is -2.84. The highest BCUT2D eigenvalue weighted by molar-refractivity contribution is 5.61. The predicted octanol–water partition coefficient (Wildman–Crippen LogP) is 3.05. The highest BCUT2D eigenvalue weighted by atomic mass is 16.5. The zero-order chi connectivity index (χ0) is 21.0. The van der Waals surface area contributed by atoms with Crippen molar-refractivity contribution >= 4 is 5.95 Å². The molecule has 2 aliphatic rings. The van der Waals surface area contributed by atoms with Crippen LogP contribution in [0, 0.1) is 6.92 Å². The number of hydrogen-bond acceptors (Lipinski definition) is 8. The van der Waals surface area contributed by atoms with Crippen LogP contribution in [0.5, 0.6) is 0 Å². The minimum absolute atomic E-state index is 0.369. The van der Waals surface area contributed by atoms with Crippen molar-refractivity contribution in [2.45, 2.75) is 32.2 Å². The van der Waals surface area contributed by atoms with E-state index in [2.05, 4.69) is 31.0 Å². The standard InChI is InChI=1S/C23H28N6O2/c1-17-13-21(31-27-17)20-15-25-23(29-9-11-30-12-10-29)26-22(20)19-4-7-28(8-5-19)16-18-3-2-6-24-14-18/h2-3,6,13-15,19H,4-5,7-12,16H2,1H3. The lowest BCUT2D eigenvalue weighted by Crippen LogP contribution is -2.38. The van der Waals surface area contributed by atoms with Crippen molar-refractivity contribution in [1.82, 2.24) is 25.0 Å². The number of piperidine rings is 1. The zero-order valence-electron chi connectivity index (χ0n) is 17.9. The molecule has 2 fully saturated rings. The summed E-state index contributed by atoms with van der Waals surface area (Å²) in [4.78, 5) is 18.7. The maximum Gasteiger partial charge on any atom is 0.225 e. The summed E-state index contributed by atoms with van der Waals surface area (Å²) in [6.07, 6.45) is 7.80. The maximum atomic E-state index is 5.59. The molecule has 0 atom stereocenters. The molecule has 2 saturated heterocycles. The molecule has 0 bridgehead atoms. The number of nitrogens with zero attached hydrogens (tertiary/aromatic N) is 6. The predicted molar refractivity (Wildman–Crippen MR) is 117 cm³/mol. The van der Waals surface area contributed by atoms with E-state index in [0.29, 0.717) is 19.1 Å². The third kappa shape index (κ3) is 4.60. The smallest absolute Gasteiger partial charge is 0.225 e. The molecule has 0 N–H and O–H groups in total. The van der Waals surface area contributed by atoms with Gasteiger partial charge in [-0.3, -0.25) is 9.88 Å². The van der Waals surface area contributed by atoms with Gasteiger partial charge < -0.3 is 14.2 Å². The summed E-state index contributed by atoms with van der Waals surface area (Å²) in [5, 5.41) is 4.08. The second-order valence-electron chi connectivity index (χ2n) is 8.31. The molecule has 5 heterocycles. The summed E-state index contributed by atoms with van der Waals surface area (Å²) >= 11 is 0. The lowest BCUT2D eigenvalue weighted by Gasteiger charge is -2.33. The van der Waals surface area contributed by atoms with Gasteiger partial charge in [-0.25, -0.2) is 9.97 Å². The number of hydrogen-bond donors (Lipinski definition) is 0. The summed E-state index contributed by atoms with van der Waals surface area (Å²) in [5.74, 6) is 1.91. The topological polar surface area (TPSA) is 80.4 Å². The minimum Gasteiger partial charge on any atom is -0.378 e. The van der Waals surface area contributed by atoms with E-state index in [-0.39, 0.29) is 0 Å². The number of pyridine rings is 1. The van der Waals surface area contributed by atoms with E-state index in [1.807, 2.05) is 37.6 Å². The molecule has 0 spiro atoms. The van der Waals surface area contributed by atoms with Gasteiger partial charge in [0.1, 0.15) is 0 Å². The van der Waals surface area contributed by atoms with E-state index in [9.17, 15) is 0 Å². The SMILES string of the molecule is Cc1cc(-c2cnc(N3CCOCC3)nc2C2CCN(Cc3cccnc3)CC2)on1. The van der Waals surface area contributed by atoms with Crippen molar-refractivity contribution < 1.29 is 9.26 Å². The Balaban J connectivity index is 1.37. The fourth-order valence-corrected chi connectivity index (χ4v) is 4.41. The molecular weight excluding hydrogens is 392 g/mol. The van der Waals surface area contributed by atoms with Gasteiger partial charge >= 0.3 is 0 Å². The van der Waals surface area contributed by atoms with Gasteiger partial charge in [0.15, 0.2) is 5.76 Å². The molecule has 0 aromatic carbocycles. The molecule has 31 heavy (non-hydrogen) atoms. The van der Waals surface area contributed by atoms with Crippen LogP contribution in [0.2, 0.25) is 0 Å². The van der Waals surface area contributed by atoms with Crippen LogP contribution in [0.1, 0.15) is 35.7 Å². The first kappa shape index (κ1) is 20.1. The molecule has 162 valence electrons. The lowest BCUT2D eigenvalue weighted by atomic mass is 9.90. The Labute approximate surface area is 182 Å². The molecule has 0 radical (unpaired) electrons. The quantitative estimate of drug-likeness (QED) is 0.623. The number of rotatable bonds is 5. The van der Waals surface area contributed by atoms with E-state index >= 15 is 0 Å². The van der Waals surface area contributed by atoms with Crippen molar-refractivity contribution in [3.63, 3.8) is 0 Å². The number of morpholine rings is 1. The van der Waals surface area contributed by atoms with E-state index in [0.717, 1.165) is 74.2 Å². The van der Waals surface area contributed by atoms with Crippen molar-refractivity contribution in [2.75, 3.05) is 44.3 Å². The summed E-state index contributed by atoms with van der Waals surface area (Å²) in [6.45, 7) is 8.02. The van der Waals surface area contributed by atoms with Crippen molar-refractivity contribution in [1.29, 1.82) is 0 Å². The van der Waals surface area contributed by atoms with E-state index in [1.54, 1.807) is 0 Å². The van der Waals surface area contributed by atoms with Gasteiger partial charge in [0.05, 0.1) is 30.2 Å².